The minimum Gasteiger partial charge on any atom is -0.313 e. The Kier molecular flexibility index (Phi) is 7.14. The Hall–Kier alpha value is -0.120. The molecule has 1 N–H and O–H groups in total. The fraction of sp³-hybridized carbons (Fsp3) is 0.455. The summed E-state index contributed by atoms with van der Waals surface area (Å²) in [6.45, 7) is 2.12. The minimum atomic E-state index is -0.196. The van der Waals surface area contributed by atoms with Crippen LogP contribution < -0.4 is 5.32 Å². The van der Waals surface area contributed by atoms with Crippen molar-refractivity contribution in [3.63, 3.8) is 0 Å². The van der Waals surface area contributed by atoms with Crippen LogP contribution in [0.1, 0.15) is 31.4 Å². The maximum absolute atomic E-state index is 13.2. The van der Waals surface area contributed by atoms with E-state index in [4.69, 9.17) is 0 Å². The van der Waals surface area contributed by atoms with Crippen molar-refractivity contribution in [2.24, 2.45) is 0 Å². The van der Waals surface area contributed by atoms with Gasteiger partial charge < -0.3 is 5.32 Å². The first-order valence-electron chi connectivity index (χ1n) is 4.81. The zero-order chi connectivity index (χ0) is 10.6. The lowest BCUT2D eigenvalue weighted by molar-refractivity contribution is 0.534. The summed E-state index contributed by atoms with van der Waals surface area (Å²) in [4.78, 5) is 0. The van der Waals surface area contributed by atoms with E-state index in [0.29, 0.717) is 4.47 Å². The molecule has 0 fully saturated rings. The molecule has 0 bridgehead atoms. The Bertz CT molecular complexity index is 307. The number of benzene rings is 1. The van der Waals surface area contributed by atoms with E-state index >= 15 is 0 Å². The quantitative estimate of drug-likeness (QED) is 0.883. The lowest BCUT2D eigenvalue weighted by Crippen LogP contribution is -2.16. The highest BCUT2D eigenvalue weighted by Gasteiger charge is 2.09. The van der Waals surface area contributed by atoms with E-state index < -0.39 is 0 Å². The molecule has 1 nitrogen and oxygen atoms in total. The van der Waals surface area contributed by atoms with Crippen LogP contribution in [0.2, 0.25) is 0 Å². The summed E-state index contributed by atoms with van der Waals surface area (Å²) in [7, 11) is 1.90. The Morgan fingerprint density at radius 1 is 1.47 bits per heavy atom. The second-order valence-electron chi connectivity index (χ2n) is 3.30. The van der Waals surface area contributed by atoms with E-state index in [1.807, 2.05) is 13.1 Å². The van der Waals surface area contributed by atoms with E-state index in [9.17, 15) is 4.39 Å². The highest BCUT2D eigenvalue weighted by atomic mass is 79.9. The third-order valence-electron chi connectivity index (χ3n) is 2.27. The monoisotopic (exact) mass is 295 g/mol. The van der Waals surface area contributed by atoms with Gasteiger partial charge in [-0.15, -0.1) is 12.4 Å². The molecule has 0 aromatic heterocycles. The van der Waals surface area contributed by atoms with Gasteiger partial charge in [-0.25, -0.2) is 4.39 Å². The van der Waals surface area contributed by atoms with Crippen LogP contribution >= 0.6 is 28.3 Å². The Morgan fingerprint density at radius 3 is 2.60 bits per heavy atom. The van der Waals surface area contributed by atoms with E-state index in [2.05, 4.69) is 28.2 Å². The number of nitrogens with one attached hydrogen (secondary N) is 1. The van der Waals surface area contributed by atoms with Crippen LogP contribution in [0.4, 0.5) is 4.39 Å². The van der Waals surface area contributed by atoms with E-state index in [1.54, 1.807) is 12.1 Å². The van der Waals surface area contributed by atoms with Crippen molar-refractivity contribution in [1.82, 2.24) is 5.32 Å². The molecule has 1 aromatic carbocycles. The van der Waals surface area contributed by atoms with Gasteiger partial charge in [0.1, 0.15) is 5.82 Å². The molecule has 4 heteroatoms. The highest BCUT2D eigenvalue weighted by molar-refractivity contribution is 9.10. The van der Waals surface area contributed by atoms with E-state index in [-0.39, 0.29) is 24.3 Å². The molecule has 86 valence electrons. The predicted octanol–water partition coefficient (Wildman–Crippen LogP) is 4.07. The summed E-state index contributed by atoms with van der Waals surface area (Å²) < 4.78 is 13.8. The summed E-state index contributed by atoms with van der Waals surface area (Å²) in [6.07, 6.45) is 2.11. The van der Waals surface area contributed by atoms with Crippen molar-refractivity contribution in [2.75, 3.05) is 7.05 Å². The highest BCUT2D eigenvalue weighted by Crippen LogP contribution is 2.23. The molecular formula is C11H16BrClFN. The fourth-order valence-electron chi connectivity index (χ4n) is 1.50. The molecule has 1 rings (SSSR count). The first kappa shape index (κ1) is 14.9. The average molecular weight is 297 g/mol. The zero-order valence-electron chi connectivity index (χ0n) is 8.89. The van der Waals surface area contributed by atoms with Crippen LogP contribution in [0.5, 0.6) is 0 Å². The van der Waals surface area contributed by atoms with E-state index in [1.165, 1.54) is 0 Å². The van der Waals surface area contributed by atoms with Gasteiger partial charge in [0, 0.05) is 6.04 Å². The summed E-state index contributed by atoms with van der Waals surface area (Å²) in [6, 6.07) is 5.54. The van der Waals surface area contributed by atoms with Gasteiger partial charge in [-0.3, -0.25) is 0 Å². The predicted molar refractivity (Wildman–Crippen MR) is 68.1 cm³/mol. The molecule has 1 atom stereocenters. The second kappa shape index (κ2) is 7.20. The van der Waals surface area contributed by atoms with Gasteiger partial charge in [-0.05, 0) is 47.1 Å². The lowest BCUT2D eigenvalue weighted by atomic mass is 10.0. The van der Waals surface area contributed by atoms with Crippen LogP contribution in [0.25, 0.3) is 0 Å². The maximum atomic E-state index is 13.2. The average Bonchev–Trinajstić information content (AvgIpc) is 2.19. The molecule has 1 aromatic rings. The summed E-state index contributed by atoms with van der Waals surface area (Å²) in [5.74, 6) is -0.196. The molecule has 0 saturated heterocycles. The minimum absolute atomic E-state index is 0. The number of halogens is 3. The Balaban J connectivity index is 0.00000196. The molecule has 0 aliphatic heterocycles. The van der Waals surface area contributed by atoms with Crippen molar-refractivity contribution in [1.29, 1.82) is 0 Å². The second-order valence-corrected chi connectivity index (χ2v) is 4.16. The SMILES string of the molecule is CCCC(NC)c1ccc(Br)c(F)c1.Cl. The van der Waals surface area contributed by atoms with Crippen LogP contribution in [0, 0.1) is 5.82 Å². The maximum Gasteiger partial charge on any atom is 0.137 e. The van der Waals surface area contributed by atoms with Crippen LogP contribution in [0.15, 0.2) is 22.7 Å². The first-order chi connectivity index (χ1) is 6.69. The standard InChI is InChI=1S/C11H15BrFN.ClH/c1-3-4-11(14-2)8-5-6-9(12)10(13)7-8;/h5-7,11,14H,3-4H2,1-2H3;1H. The Labute approximate surface area is 105 Å². The van der Waals surface area contributed by atoms with E-state index in [0.717, 1.165) is 18.4 Å². The molecule has 1 unspecified atom stereocenters. The first-order valence-corrected chi connectivity index (χ1v) is 5.60. The van der Waals surface area contributed by atoms with Gasteiger partial charge in [-0.2, -0.15) is 0 Å². The number of hydrogen-bond acceptors (Lipinski definition) is 1. The molecule has 0 spiro atoms. The zero-order valence-corrected chi connectivity index (χ0v) is 11.3. The largest absolute Gasteiger partial charge is 0.313 e. The van der Waals surface area contributed by atoms with Crippen LogP contribution in [-0.4, -0.2) is 7.05 Å². The van der Waals surface area contributed by atoms with Crippen molar-refractivity contribution >= 4 is 28.3 Å². The smallest absolute Gasteiger partial charge is 0.137 e. The molecule has 0 aliphatic rings. The van der Waals surface area contributed by atoms with Crippen LogP contribution in [-0.2, 0) is 0 Å². The lowest BCUT2D eigenvalue weighted by Gasteiger charge is -2.15. The van der Waals surface area contributed by atoms with Gasteiger partial charge in [0.25, 0.3) is 0 Å². The molecule has 15 heavy (non-hydrogen) atoms. The molecule has 0 radical (unpaired) electrons. The van der Waals surface area contributed by atoms with Crippen molar-refractivity contribution < 1.29 is 4.39 Å². The number of rotatable bonds is 4. The molecule has 0 amide bonds. The van der Waals surface area contributed by atoms with Gasteiger partial charge >= 0.3 is 0 Å². The van der Waals surface area contributed by atoms with Gasteiger partial charge in [0.05, 0.1) is 4.47 Å². The third kappa shape index (κ3) is 4.09. The summed E-state index contributed by atoms with van der Waals surface area (Å²) in [5, 5.41) is 3.18. The third-order valence-corrected chi connectivity index (χ3v) is 2.91. The topological polar surface area (TPSA) is 12.0 Å². The summed E-state index contributed by atoms with van der Waals surface area (Å²) >= 11 is 3.14. The van der Waals surface area contributed by atoms with Crippen molar-refractivity contribution in [3.8, 4) is 0 Å². The number of hydrogen-bond donors (Lipinski definition) is 1. The Morgan fingerprint density at radius 2 is 2.13 bits per heavy atom. The van der Waals surface area contributed by atoms with Gasteiger partial charge in [0.2, 0.25) is 0 Å². The molecule has 0 heterocycles. The van der Waals surface area contributed by atoms with Crippen LogP contribution in [0.3, 0.4) is 0 Å². The van der Waals surface area contributed by atoms with Gasteiger partial charge in [0.15, 0.2) is 0 Å². The van der Waals surface area contributed by atoms with Gasteiger partial charge in [-0.1, -0.05) is 19.4 Å². The molecular weight excluding hydrogens is 280 g/mol. The van der Waals surface area contributed by atoms with Crippen molar-refractivity contribution in [2.45, 2.75) is 25.8 Å². The molecule has 0 saturated carbocycles. The fourth-order valence-corrected chi connectivity index (χ4v) is 1.74. The summed E-state index contributed by atoms with van der Waals surface area (Å²) in [5.41, 5.74) is 1.01. The molecule has 0 aliphatic carbocycles. The normalized spacial score (nSPS) is 12.0. The van der Waals surface area contributed by atoms with Crippen molar-refractivity contribution in [3.05, 3.63) is 34.1 Å².